The molecule has 3 aromatic heterocycles. The Morgan fingerprint density at radius 1 is 0.986 bits per heavy atom. The third kappa shape index (κ3) is 8.01. The van der Waals surface area contributed by atoms with Crippen molar-refractivity contribution in [3.05, 3.63) is 139 Å². The minimum absolute atomic E-state index is 0.0369. The van der Waals surface area contributed by atoms with Gasteiger partial charge >= 0.3 is 11.4 Å². The fourth-order valence-corrected chi connectivity index (χ4v) is 13.9. The van der Waals surface area contributed by atoms with Crippen molar-refractivity contribution in [2.45, 2.75) is 133 Å². The maximum Gasteiger partial charge on any atom is 0.438 e. The largest absolute Gasteiger partial charge is 0.438 e. The zero-order chi connectivity index (χ0) is 50.6. The van der Waals surface area contributed by atoms with E-state index in [1.165, 1.54) is 34.6 Å². The quantitative estimate of drug-likeness (QED) is 0.100. The fraction of sp³-hybridized carbons (Fsp3) is 0.453. The molecule has 4 aliphatic rings. The highest BCUT2D eigenvalue weighted by molar-refractivity contribution is 7.94. The van der Waals surface area contributed by atoms with Gasteiger partial charge in [-0.2, -0.15) is 0 Å². The number of nitrogens with one attached hydrogen (secondary N) is 1. The molecule has 2 aliphatic carbocycles. The average molecular weight is 990 g/mol. The maximum atomic E-state index is 17.0. The number of rotatable bonds is 10. The van der Waals surface area contributed by atoms with Crippen molar-refractivity contribution in [3.8, 4) is 5.69 Å². The summed E-state index contributed by atoms with van der Waals surface area (Å²) in [5.41, 5.74) is 9.32. The van der Waals surface area contributed by atoms with Crippen LogP contribution in [0, 0.1) is 31.4 Å². The number of hydrogen-bond acceptors (Lipinski definition) is 10. The van der Waals surface area contributed by atoms with E-state index in [0.717, 1.165) is 42.1 Å². The maximum absolute atomic E-state index is 17.0. The fourth-order valence-electron chi connectivity index (χ4n) is 11.3. The highest BCUT2D eigenvalue weighted by Gasteiger charge is 2.59. The minimum atomic E-state index is -2.91. The lowest BCUT2D eigenvalue weighted by atomic mass is 9.83. The van der Waals surface area contributed by atoms with Crippen molar-refractivity contribution in [2.24, 2.45) is 21.0 Å². The standard InChI is InChI=1S/C53H61F2N9O6S/c1-28(2)43-42(71(68,57-9)37-11-12-37)15-14-40(46(43)55)62-19-20-63(51(62)67)47(58-36-22-29(3)45(54)30(4)23-36)44-32(6)61(18-16-38(44)56)48(65)41-25-35-24-33(34-17-21-69-52(7,8)27-34)10-13-39(35)64(41)53(26-31(53)5)49-59-50(66)70-60-49/h10,13-15,19-20,22-25,28,31-32,34,37H,11-12,16-18,21,26-27,56H2,1-9H3,(H,59,60,66)/t31-,32-,34-,53-,71?/m0/s1. The molecule has 5 atom stereocenters. The second-order valence-electron chi connectivity index (χ2n) is 20.9. The summed E-state index contributed by atoms with van der Waals surface area (Å²) in [5, 5.41) is 4.85. The second kappa shape index (κ2) is 17.4. The van der Waals surface area contributed by atoms with E-state index in [2.05, 4.69) is 40.5 Å². The molecule has 3 aromatic carbocycles. The molecule has 0 bridgehead atoms. The summed E-state index contributed by atoms with van der Waals surface area (Å²) >= 11 is 0. The highest BCUT2D eigenvalue weighted by atomic mass is 32.2. The number of aromatic amines is 1. The molecule has 3 fully saturated rings. The van der Waals surface area contributed by atoms with Gasteiger partial charge in [-0.15, -0.1) is 0 Å². The normalized spacial score (nSPS) is 23.4. The number of aliphatic imine (C=N–C) groups is 1. The Balaban J connectivity index is 1.10. The number of H-pyrrole nitrogens is 1. The Hall–Kier alpha value is -6.40. The monoisotopic (exact) mass is 989 g/mol. The number of imidazole rings is 1. The first kappa shape index (κ1) is 48.2. The summed E-state index contributed by atoms with van der Waals surface area (Å²) in [4.78, 5) is 52.9. The van der Waals surface area contributed by atoms with Crippen LogP contribution in [-0.2, 0) is 20.0 Å². The van der Waals surface area contributed by atoms with Gasteiger partial charge < -0.3 is 19.9 Å². The van der Waals surface area contributed by atoms with Crippen molar-refractivity contribution in [1.29, 1.82) is 0 Å². The van der Waals surface area contributed by atoms with Crippen molar-refractivity contribution in [2.75, 3.05) is 20.2 Å². The molecule has 10 rings (SSSR count). The number of aromatic nitrogens is 5. The molecule has 0 radical (unpaired) electrons. The zero-order valence-electron chi connectivity index (χ0n) is 41.6. The zero-order valence-corrected chi connectivity index (χ0v) is 42.5. The molecule has 374 valence electrons. The first-order valence-electron chi connectivity index (χ1n) is 24.5. The van der Waals surface area contributed by atoms with Crippen LogP contribution in [0.15, 0.2) is 101 Å². The van der Waals surface area contributed by atoms with Crippen LogP contribution in [-0.4, -0.2) is 81.8 Å². The van der Waals surface area contributed by atoms with Crippen LogP contribution < -0.4 is 17.2 Å². The van der Waals surface area contributed by atoms with E-state index in [-0.39, 0.29) is 64.6 Å². The van der Waals surface area contributed by atoms with Crippen LogP contribution in [0.25, 0.3) is 16.6 Å². The molecular weight excluding hydrogens is 929 g/mol. The van der Waals surface area contributed by atoms with Gasteiger partial charge in [0.1, 0.15) is 22.9 Å². The van der Waals surface area contributed by atoms with Crippen LogP contribution in [0.4, 0.5) is 14.5 Å². The Morgan fingerprint density at radius 3 is 2.32 bits per heavy atom. The molecule has 1 amide bonds. The molecular formula is C53H61F2N9O6S. The van der Waals surface area contributed by atoms with Gasteiger partial charge in [0, 0.05) is 72.0 Å². The van der Waals surface area contributed by atoms with Crippen LogP contribution >= 0.6 is 0 Å². The predicted octanol–water partition coefficient (Wildman–Crippen LogP) is 9.09. The molecule has 6 aromatic rings. The first-order valence-corrected chi connectivity index (χ1v) is 26.1. The van der Waals surface area contributed by atoms with Crippen LogP contribution in [0.3, 0.4) is 0 Å². The summed E-state index contributed by atoms with van der Waals surface area (Å²) in [6.45, 7) is 15.8. The molecule has 2 saturated carbocycles. The molecule has 0 spiro atoms. The summed E-state index contributed by atoms with van der Waals surface area (Å²) in [7, 11) is -1.40. The number of halogens is 2. The van der Waals surface area contributed by atoms with Gasteiger partial charge in [0.2, 0.25) is 0 Å². The van der Waals surface area contributed by atoms with Gasteiger partial charge in [-0.05, 0) is 144 Å². The summed E-state index contributed by atoms with van der Waals surface area (Å²) < 4.78 is 66.2. The lowest BCUT2D eigenvalue weighted by Crippen LogP contribution is -2.49. The Bertz CT molecular complexity index is 3470. The molecule has 2 aliphatic heterocycles. The van der Waals surface area contributed by atoms with Crippen molar-refractivity contribution in [3.63, 3.8) is 0 Å². The molecule has 3 N–H and O–H groups in total. The number of hydrogen-bond donors (Lipinski definition) is 2. The Kier molecular flexibility index (Phi) is 11.8. The third-order valence-electron chi connectivity index (χ3n) is 15.3. The van der Waals surface area contributed by atoms with Gasteiger partial charge in [-0.1, -0.05) is 32.0 Å². The van der Waals surface area contributed by atoms with E-state index < -0.39 is 44.4 Å². The van der Waals surface area contributed by atoms with Crippen LogP contribution in [0.1, 0.15) is 130 Å². The summed E-state index contributed by atoms with van der Waals surface area (Å²) in [5.74, 6) is -1.91. The van der Waals surface area contributed by atoms with E-state index >= 15 is 13.6 Å². The molecule has 71 heavy (non-hydrogen) atoms. The number of carbonyl (C=O) groups excluding carboxylic acids is 1. The number of nitrogens with zero attached hydrogens (tertiary/aromatic N) is 7. The molecule has 1 saturated heterocycles. The predicted molar refractivity (Wildman–Crippen MR) is 268 cm³/mol. The average Bonchev–Trinajstić information content (AvgIpc) is 4.15. The molecule has 5 heterocycles. The number of aryl methyl sites for hydroxylation is 2. The van der Waals surface area contributed by atoms with E-state index in [0.29, 0.717) is 57.5 Å². The van der Waals surface area contributed by atoms with Gasteiger partial charge in [0.05, 0.1) is 37.6 Å². The Morgan fingerprint density at radius 2 is 1.70 bits per heavy atom. The lowest BCUT2D eigenvalue weighted by molar-refractivity contribution is -0.0592. The molecule has 1 unspecified atom stereocenters. The summed E-state index contributed by atoms with van der Waals surface area (Å²) in [6, 6.07) is 13.6. The van der Waals surface area contributed by atoms with Crippen LogP contribution in [0.2, 0.25) is 0 Å². The topological polar surface area (TPSA) is 188 Å². The number of carbonyl (C=O) groups is 1. The third-order valence-corrected chi connectivity index (χ3v) is 18.2. The van der Waals surface area contributed by atoms with Crippen molar-refractivity contribution < 1.29 is 27.0 Å². The number of ether oxygens (including phenoxy) is 1. The van der Waals surface area contributed by atoms with Gasteiger partial charge in [-0.25, -0.2) is 31.9 Å². The lowest BCUT2D eigenvalue weighted by Gasteiger charge is -2.37. The SMILES string of the molecule is CN=S(=O)(c1ccc(-n2ccn(C(=Nc3cc(C)c(F)c(C)c3)C3=C(N)CCN(C(=O)c4cc5cc([C@H]6CCOC(C)(C)C6)ccc5n4[C@@]4(c5noc(=O)[nH]5)C[C@@H]4C)[C@H]3C)c2=O)c(F)c1C(C)C)C1CC1. The molecule has 15 nitrogen and oxygen atoms in total. The van der Waals surface area contributed by atoms with Crippen molar-refractivity contribution in [1.82, 2.24) is 28.7 Å². The molecule has 18 heteroatoms. The smallest absolute Gasteiger partial charge is 0.402 e. The van der Waals surface area contributed by atoms with Crippen molar-refractivity contribution >= 4 is 38.1 Å². The Labute approximate surface area is 411 Å². The minimum Gasteiger partial charge on any atom is -0.402 e. The van der Waals surface area contributed by atoms with Gasteiger partial charge in [0.15, 0.2) is 11.6 Å². The van der Waals surface area contributed by atoms with Gasteiger partial charge in [-0.3, -0.25) is 23.4 Å². The van der Waals surface area contributed by atoms with Crippen LogP contribution in [0.5, 0.6) is 0 Å². The number of fused-ring (bicyclic) bond motifs is 1. The second-order valence-corrected chi connectivity index (χ2v) is 23.5. The summed E-state index contributed by atoms with van der Waals surface area (Å²) in [6.07, 6.45) is 6.86. The van der Waals surface area contributed by atoms with Gasteiger partial charge in [0.25, 0.3) is 5.91 Å². The van der Waals surface area contributed by atoms with E-state index in [1.807, 2.05) is 44.4 Å². The number of benzene rings is 3. The first-order chi connectivity index (χ1) is 33.7. The van der Waals surface area contributed by atoms with E-state index in [4.69, 9.17) is 20.0 Å². The van der Waals surface area contributed by atoms with E-state index in [9.17, 15) is 13.8 Å². The number of amides is 1. The number of nitrogens with two attached hydrogens (primary N) is 1. The highest BCUT2D eigenvalue weighted by Crippen LogP contribution is 2.56. The van der Waals surface area contributed by atoms with E-state index in [1.54, 1.807) is 36.9 Å².